The summed E-state index contributed by atoms with van der Waals surface area (Å²) in [5, 5.41) is 3.35. The molecule has 120 valence electrons. The molecule has 0 spiro atoms. The van der Waals surface area contributed by atoms with Crippen molar-refractivity contribution in [1.82, 2.24) is 15.3 Å². The summed E-state index contributed by atoms with van der Waals surface area (Å²) in [5.41, 5.74) is 1.08. The van der Waals surface area contributed by atoms with Gasteiger partial charge in [0, 0.05) is 51.3 Å². The Balaban J connectivity index is 2.72. The molecule has 0 aromatic carbocycles. The Morgan fingerprint density at radius 2 is 1.81 bits per heavy atom. The van der Waals surface area contributed by atoms with Gasteiger partial charge in [-0.05, 0) is 6.92 Å². The van der Waals surface area contributed by atoms with Crippen molar-refractivity contribution >= 4 is 5.95 Å². The second-order valence-electron chi connectivity index (χ2n) is 5.42. The highest BCUT2D eigenvalue weighted by molar-refractivity contribution is 5.31. The Bertz CT molecular complexity index is 384. The number of nitrogens with one attached hydrogen (secondary N) is 1. The summed E-state index contributed by atoms with van der Waals surface area (Å²) < 4.78 is 10.4. The van der Waals surface area contributed by atoms with Gasteiger partial charge in [-0.15, -0.1) is 0 Å². The largest absolute Gasteiger partial charge is 0.383 e. The van der Waals surface area contributed by atoms with E-state index in [1.165, 1.54) is 0 Å². The lowest BCUT2D eigenvalue weighted by Crippen LogP contribution is -2.39. The first-order valence-corrected chi connectivity index (χ1v) is 7.37. The molecule has 1 unspecified atom stereocenters. The lowest BCUT2D eigenvalue weighted by atomic mass is 10.3. The zero-order chi connectivity index (χ0) is 15.7. The molecule has 0 aliphatic heterocycles. The summed E-state index contributed by atoms with van der Waals surface area (Å²) >= 11 is 0. The van der Waals surface area contributed by atoms with Crippen molar-refractivity contribution in [1.29, 1.82) is 0 Å². The molecule has 1 heterocycles. The van der Waals surface area contributed by atoms with E-state index in [9.17, 15) is 0 Å². The Kier molecular flexibility index (Phi) is 8.19. The maximum absolute atomic E-state index is 5.23. The van der Waals surface area contributed by atoms with Crippen molar-refractivity contribution in [3.63, 3.8) is 0 Å². The van der Waals surface area contributed by atoms with Crippen LogP contribution in [0, 0.1) is 0 Å². The monoisotopic (exact) mass is 296 g/mol. The van der Waals surface area contributed by atoms with Gasteiger partial charge in [-0.3, -0.25) is 0 Å². The van der Waals surface area contributed by atoms with Crippen LogP contribution in [0.5, 0.6) is 0 Å². The van der Waals surface area contributed by atoms with E-state index in [0.717, 1.165) is 18.7 Å². The van der Waals surface area contributed by atoms with Gasteiger partial charge in [0.25, 0.3) is 0 Å². The van der Waals surface area contributed by atoms with Gasteiger partial charge in [0.2, 0.25) is 5.95 Å². The number of hydrogen-bond acceptors (Lipinski definition) is 6. The summed E-state index contributed by atoms with van der Waals surface area (Å²) in [6.07, 6.45) is 3.74. The third-order valence-electron chi connectivity index (χ3n) is 3.14. The minimum atomic E-state index is 0.199. The van der Waals surface area contributed by atoms with Crippen LogP contribution in [-0.4, -0.2) is 56.0 Å². The highest BCUT2D eigenvalue weighted by atomic mass is 16.5. The Hall–Kier alpha value is -1.24. The van der Waals surface area contributed by atoms with Crippen LogP contribution in [0.4, 0.5) is 5.95 Å². The summed E-state index contributed by atoms with van der Waals surface area (Å²) in [5.74, 6) is 0.713. The van der Waals surface area contributed by atoms with Gasteiger partial charge in [0.15, 0.2) is 0 Å². The van der Waals surface area contributed by atoms with Gasteiger partial charge in [-0.1, -0.05) is 13.8 Å². The van der Waals surface area contributed by atoms with Crippen LogP contribution in [0.3, 0.4) is 0 Å². The van der Waals surface area contributed by atoms with E-state index in [4.69, 9.17) is 9.47 Å². The molecule has 6 nitrogen and oxygen atoms in total. The molecule has 0 saturated heterocycles. The van der Waals surface area contributed by atoms with E-state index in [0.29, 0.717) is 25.2 Å². The molecule has 0 saturated carbocycles. The van der Waals surface area contributed by atoms with E-state index < -0.39 is 0 Å². The molecule has 21 heavy (non-hydrogen) atoms. The average Bonchev–Trinajstić information content (AvgIpc) is 2.47. The van der Waals surface area contributed by atoms with Gasteiger partial charge >= 0.3 is 0 Å². The van der Waals surface area contributed by atoms with Crippen molar-refractivity contribution in [3.05, 3.63) is 18.0 Å². The Morgan fingerprint density at radius 1 is 1.14 bits per heavy atom. The van der Waals surface area contributed by atoms with Crippen LogP contribution in [0.15, 0.2) is 12.4 Å². The molecule has 1 N–H and O–H groups in total. The van der Waals surface area contributed by atoms with Crippen LogP contribution in [0.2, 0.25) is 0 Å². The fourth-order valence-electron chi connectivity index (χ4n) is 1.95. The lowest BCUT2D eigenvalue weighted by molar-refractivity contribution is 0.170. The molecule has 0 aliphatic carbocycles. The SMILES string of the molecule is COCCN(c1ncc(CNC(C)C)cn1)C(C)COC. The number of ether oxygens (including phenoxy) is 2. The third kappa shape index (κ3) is 6.37. The van der Waals surface area contributed by atoms with E-state index in [1.54, 1.807) is 14.2 Å². The molecular weight excluding hydrogens is 268 g/mol. The predicted molar refractivity (Wildman–Crippen MR) is 84.6 cm³/mol. The van der Waals surface area contributed by atoms with Gasteiger partial charge in [0.1, 0.15) is 0 Å². The number of methoxy groups -OCH3 is 2. The first kappa shape index (κ1) is 17.8. The lowest BCUT2D eigenvalue weighted by Gasteiger charge is -2.28. The first-order valence-electron chi connectivity index (χ1n) is 7.37. The third-order valence-corrected chi connectivity index (χ3v) is 3.14. The molecule has 1 rings (SSSR count). The van der Waals surface area contributed by atoms with Crippen molar-refractivity contribution in [2.45, 2.75) is 39.4 Å². The molecule has 6 heteroatoms. The summed E-state index contributed by atoms with van der Waals surface area (Å²) in [7, 11) is 3.40. The molecule has 0 radical (unpaired) electrons. The molecule has 1 atom stereocenters. The molecule has 1 aromatic rings. The van der Waals surface area contributed by atoms with Gasteiger partial charge in [-0.2, -0.15) is 0 Å². The van der Waals surface area contributed by atoms with Crippen LogP contribution in [-0.2, 0) is 16.0 Å². The predicted octanol–water partition coefficient (Wildman–Crippen LogP) is 1.46. The number of aromatic nitrogens is 2. The van der Waals surface area contributed by atoms with Crippen LogP contribution < -0.4 is 10.2 Å². The standard InChI is InChI=1S/C15H28N4O2/c1-12(2)16-8-14-9-17-15(18-10-14)19(6-7-20-4)13(3)11-21-5/h9-10,12-13,16H,6-8,11H2,1-5H3. The topological polar surface area (TPSA) is 59.5 Å². The number of anilines is 1. The average molecular weight is 296 g/mol. The van der Waals surface area contributed by atoms with Crippen molar-refractivity contribution in [2.24, 2.45) is 0 Å². The quantitative estimate of drug-likeness (QED) is 0.705. The molecular formula is C15H28N4O2. The van der Waals surface area contributed by atoms with Crippen LogP contribution >= 0.6 is 0 Å². The zero-order valence-corrected chi connectivity index (χ0v) is 13.8. The second kappa shape index (κ2) is 9.65. The number of nitrogens with zero attached hydrogens (tertiary/aromatic N) is 3. The normalized spacial score (nSPS) is 12.7. The molecule has 0 bridgehead atoms. The molecule has 0 amide bonds. The fourth-order valence-corrected chi connectivity index (χ4v) is 1.95. The highest BCUT2D eigenvalue weighted by Crippen LogP contribution is 2.11. The van der Waals surface area contributed by atoms with Crippen LogP contribution in [0.1, 0.15) is 26.3 Å². The number of hydrogen-bond donors (Lipinski definition) is 1. The van der Waals surface area contributed by atoms with Gasteiger partial charge in [-0.25, -0.2) is 9.97 Å². The Morgan fingerprint density at radius 3 is 2.33 bits per heavy atom. The van der Waals surface area contributed by atoms with E-state index in [2.05, 4.69) is 41.0 Å². The van der Waals surface area contributed by atoms with Crippen molar-refractivity contribution < 1.29 is 9.47 Å². The minimum Gasteiger partial charge on any atom is -0.383 e. The summed E-state index contributed by atoms with van der Waals surface area (Å²) in [6.45, 7) is 9.12. The van der Waals surface area contributed by atoms with E-state index in [-0.39, 0.29) is 6.04 Å². The van der Waals surface area contributed by atoms with Crippen molar-refractivity contribution in [3.8, 4) is 0 Å². The van der Waals surface area contributed by atoms with Gasteiger partial charge < -0.3 is 19.7 Å². The second-order valence-corrected chi connectivity index (χ2v) is 5.42. The van der Waals surface area contributed by atoms with Crippen LogP contribution in [0.25, 0.3) is 0 Å². The minimum absolute atomic E-state index is 0.199. The maximum atomic E-state index is 5.23. The smallest absolute Gasteiger partial charge is 0.225 e. The molecule has 1 aromatic heterocycles. The first-order chi connectivity index (χ1) is 10.1. The maximum Gasteiger partial charge on any atom is 0.225 e. The number of rotatable bonds is 10. The van der Waals surface area contributed by atoms with Crippen molar-refractivity contribution in [2.75, 3.05) is 38.9 Å². The van der Waals surface area contributed by atoms with E-state index >= 15 is 0 Å². The molecule has 0 aliphatic rings. The zero-order valence-electron chi connectivity index (χ0n) is 13.8. The fraction of sp³-hybridized carbons (Fsp3) is 0.733. The summed E-state index contributed by atoms with van der Waals surface area (Å²) in [4.78, 5) is 11.1. The Labute approximate surface area is 127 Å². The van der Waals surface area contributed by atoms with E-state index in [1.807, 2.05) is 12.4 Å². The molecule has 0 fully saturated rings. The summed E-state index contributed by atoms with van der Waals surface area (Å²) in [6, 6.07) is 0.648. The van der Waals surface area contributed by atoms with Gasteiger partial charge in [0.05, 0.1) is 19.3 Å². The highest BCUT2D eigenvalue weighted by Gasteiger charge is 2.16.